The summed E-state index contributed by atoms with van der Waals surface area (Å²) in [7, 11) is 0. The van der Waals surface area contributed by atoms with Crippen LogP contribution in [-0.4, -0.2) is 26.6 Å². The molecule has 116 valence electrons. The highest BCUT2D eigenvalue weighted by Crippen LogP contribution is 2.07. The van der Waals surface area contributed by atoms with Gasteiger partial charge in [0.05, 0.1) is 13.3 Å². The Labute approximate surface area is 118 Å². The van der Waals surface area contributed by atoms with Gasteiger partial charge in [0.2, 0.25) is 0 Å². The third kappa shape index (κ3) is 17.8. The van der Waals surface area contributed by atoms with Gasteiger partial charge < -0.3 is 4.74 Å². The molecule has 0 heterocycles. The lowest BCUT2D eigenvalue weighted by Gasteiger charge is -2.04. The molecule has 0 aliphatic heterocycles. The Morgan fingerprint density at radius 1 is 0.421 bits per heavy atom. The maximum absolute atomic E-state index is 11.8. The standard InChI is InChI=1S/C16H32F2O/c17-13-9-5-1-3-7-11-15-19-16-12-8-4-2-6-10-14-18/h1-16H2. The van der Waals surface area contributed by atoms with Crippen molar-refractivity contribution in [3.8, 4) is 0 Å². The first-order chi connectivity index (χ1) is 9.41. The van der Waals surface area contributed by atoms with Crippen molar-refractivity contribution in [1.82, 2.24) is 0 Å². The fraction of sp³-hybridized carbons (Fsp3) is 1.00. The van der Waals surface area contributed by atoms with E-state index in [9.17, 15) is 8.78 Å². The summed E-state index contributed by atoms with van der Waals surface area (Å²) in [5.41, 5.74) is 0. The van der Waals surface area contributed by atoms with Gasteiger partial charge in [0.25, 0.3) is 0 Å². The minimum Gasteiger partial charge on any atom is -0.381 e. The van der Waals surface area contributed by atoms with Gasteiger partial charge in [-0.25, -0.2) is 0 Å². The number of halogens is 2. The van der Waals surface area contributed by atoms with Crippen LogP contribution in [0.2, 0.25) is 0 Å². The second-order valence-electron chi connectivity index (χ2n) is 5.23. The predicted octanol–water partition coefficient (Wildman–Crippen LogP) is 5.62. The van der Waals surface area contributed by atoms with Crippen molar-refractivity contribution in [2.24, 2.45) is 0 Å². The zero-order chi connectivity index (χ0) is 14.0. The van der Waals surface area contributed by atoms with Crippen LogP contribution < -0.4 is 0 Å². The second kappa shape index (κ2) is 17.8. The van der Waals surface area contributed by atoms with E-state index in [1.807, 2.05) is 0 Å². The fourth-order valence-electron chi connectivity index (χ4n) is 2.11. The molecule has 0 unspecified atom stereocenters. The maximum Gasteiger partial charge on any atom is 0.0894 e. The van der Waals surface area contributed by atoms with Crippen LogP contribution in [0, 0.1) is 0 Å². The molecule has 0 fully saturated rings. The number of rotatable bonds is 16. The Bertz CT molecular complexity index is 138. The van der Waals surface area contributed by atoms with Crippen molar-refractivity contribution >= 4 is 0 Å². The normalized spacial score (nSPS) is 11.1. The number of ether oxygens (including phenoxy) is 1. The summed E-state index contributed by atoms with van der Waals surface area (Å²) in [6.07, 6.45) is 12.9. The SMILES string of the molecule is FCCCCCCCCOCCCCCCCCF. The summed E-state index contributed by atoms with van der Waals surface area (Å²) >= 11 is 0. The van der Waals surface area contributed by atoms with Crippen LogP contribution >= 0.6 is 0 Å². The average Bonchev–Trinajstić information content (AvgIpc) is 2.43. The molecule has 0 aliphatic rings. The van der Waals surface area contributed by atoms with Crippen molar-refractivity contribution in [2.75, 3.05) is 26.6 Å². The van der Waals surface area contributed by atoms with Gasteiger partial charge in [-0.3, -0.25) is 8.78 Å². The van der Waals surface area contributed by atoms with Crippen molar-refractivity contribution < 1.29 is 13.5 Å². The topological polar surface area (TPSA) is 9.23 Å². The quantitative estimate of drug-likeness (QED) is 0.333. The molecule has 0 saturated carbocycles. The molecule has 0 atom stereocenters. The molecule has 0 aliphatic carbocycles. The number of alkyl halides is 2. The fourth-order valence-corrected chi connectivity index (χ4v) is 2.11. The summed E-state index contributed by atoms with van der Waals surface area (Å²) in [5.74, 6) is 0. The Morgan fingerprint density at radius 2 is 0.737 bits per heavy atom. The molecule has 0 radical (unpaired) electrons. The van der Waals surface area contributed by atoms with Gasteiger partial charge in [-0.2, -0.15) is 0 Å². The molecule has 3 heteroatoms. The molecule has 0 spiro atoms. The van der Waals surface area contributed by atoms with E-state index in [1.165, 1.54) is 25.7 Å². The molecule has 0 aromatic heterocycles. The molecule has 0 rings (SSSR count). The first kappa shape index (κ1) is 18.8. The minimum absolute atomic E-state index is 0.170. The van der Waals surface area contributed by atoms with Crippen molar-refractivity contribution in [2.45, 2.75) is 77.0 Å². The lowest BCUT2D eigenvalue weighted by atomic mass is 10.1. The zero-order valence-corrected chi connectivity index (χ0v) is 12.5. The Balaban J connectivity index is 2.88. The number of unbranched alkanes of at least 4 members (excludes halogenated alkanes) is 10. The van der Waals surface area contributed by atoms with E-state index in [-0.39, 0.29) is 13.3 Å². The molecule has 0 N–H and O–H groups in total. The molecule has 0 aromatic carbocycles. The summed E-state index contributed by atoms with van der Waals surface area (Å²) < 4.78 is 29.2. The van der Waals surface area contributed by atoms with E-state index >= 15 is 0 Å². The largest absolute Gasteiger partial charge is 0.381 e. The van der Waals surface area contributed by atoms with E-state index in [0.29, 0.717) is 0 Å². The minimum atomic E-state index is -0.170. The summed E-state index contributed by atoms with van der Waals surface area (Å²) in [5, 5.41) is 0. The van der Waals surface area contributed by atoms with Crippen molar-refractivity contribution in [3.63, 3.8) is 0 Å². The molecular weight excluding hydrogens is 246 g/mol. The van der Waals surface area contributed by atoms with E-state index in [0.717, 1.165) is 64.6 Å². The third-order valence-corrected chi connectivity index (χ3v) is 3.34. The molecule has 19 heavy (non-hydrogen) atoms. The Kier molecular flexibility index (Phi) is 17.7. The van der Waals surface area contributed by atoms with Gasteiger partial charge in [-0.15, -0.1) is 0 Å². The lowest BCUT2D eigenvalue weighted by Crippen LogP contribution is -1.97. The molecule has 0 aromatic rings. The van der Waals surface area contributed by atoms with E-state index in [2.05, 4.69) is 0 Å². The van der Waals surface area contributed by atoms with Crippen LogP contribution in [0.15, 0.2) is 0 Å². The molecule has 0 bridgehead atoms. The van der Waals surface area contributed by atoms with E-state index in [1.54, 1.807) is 0 Å². The average molecular weight is 278 g/mol. The Morgan fingerprint density at radius 3 is 1.11 bits per heavy atom. The van der Waals surface area contributed by atoms with Crippen LogP contribution in [0.4, 0.5) is 8.78 Å². The Hall–Kier alpha value is -0.180. The highest BCUT2D eigenvalue weighted by atomic mass is 19.1. The zero-order valence-electron chi connectivity index (χ0n) is 12.5. The molecule has 0 saturated heterocycles. The van der Waals surface area contributed by atoms with Crippen LogP contribution in [-0.2, 0) is 4.74 Å². The van der Waals surface area contributed by atoms with Gasteiger partial charge >= 0.3 is 0 Å². The lowest BCUT2D eigenvalue weighted by molar-refractivity contribution is 0.125. The van der Waals surface area contributed by atoms with Gasteiger partial charge in [0.15, 0.2) is 0 Å². The first-order valence-corrected chi connectivity index (χ1v) is 8.11. The third-order valence-electron chi connectivity index (χ3n) is 3.34. The molecular formula is C16H32F2O. The van der Waals surface area contributed by atoms with Crippen LogP contribution in [0.5, 0.6) is 0 Å². The molecule has 1 nitrogen and oxygen atoms in total. The monoisotopic (exact) mass is 278 g/mol. The first-order valence-electron chi connectivity index (χ1n) is 8.11. The highest BCUT2D eigenvalue weighted by molar-refractivity contribution is 4.46. The number of hydrogen-bond donors (Lipinski definition) is 0. The van der Waals surface area contributed by atoms with Gasteiger partial charge in [0, 0.05) is 13.2 Å². The van der Waals surface area contributed by atoms with Crippen molar-refractivity contribution in [1.29, 1.82) is 0 Å². The van der Waals surface area contributed by atoms with Gasteiger partial charge in [-0.05, 0) is 25.7 Å². The second-order valence-corrected chi connectivity index (χ2v) is 5.23. The van der Waals surface area contributed by atoms with E-state index < -0.39 is 0 Å². The van der Waals surface area contributed by atoms with Gasteiger partial charge in [0.1, 0.15) is 0 Å². The van der Waals surface area contributed by atoms with Gasteiger partial charge in [-0.1, -0.05) is 51.4 Å². The van der Waals surface area contributed by atoms with Crippen LogP contribution in [0.1, 0.15) is 77.0 Å². The highest BCUT2D eigenvalue weighted by Gasteiger charge is 1.94. The van der Waals surface area contributed by atoms with Crippen molar-refractivity contribution in [3.05, 3.63) is 0 Å². The van der Waals surface area contributed by atoms with Crippen LogP contribution in [0.25, 0.3) is 0 Å². The summed E-state index contributed by atoms with van der Waals surface area (Å²) in [6, 6.07) is 0. The maximum atomic E-state index is 11.8. The summed E-state index contributed by atoms with van der Waals surface area (Å²) in [6.45, 7) is 1.39. The van der Waals surface area contributed by atoms with E-state index in [4.69, 9.17) is 4.74 Å². The predicted molar refractivity (Wildman–Crippen MR) is 78.2 cm³/mol. The smallest absolute Gasteiger partial charge is 0.0894 e. The number of hydrogen-bond acceptors (Lipinski definition) is 1. The summed E-state index contributed by atoms with van der Waals surface area (Å²) in [4.78, 5) is 0. The van der Waals surface area contributed by atoms with Crippen LogP contribution in [0.3, 0.4) is 0 Å². The molecule has 0 amide bonds.